The molecule has 0 aliphatic carbocycles. The van der Waals surface area contributed by atoms with Gasteiger partial charge in [0.2, 0.25) is 10.0 Å². The Balaban J connectivity index is 1.76. The number of halogens is 1. The number of amides is 1. The van der Waals surface area contributed by atoms with Crippen molar-refractivity contribution in [3.05, 3.63) is 28.8 Å². The standard InChI is InChI=1S/C15H21ClN2O4S/c1-11-9-13(3-4-14(11)16)22-10-15(19)17-12-5-7-18(8-6-12)23(2,20)21/h3-4,9,12H,5-8,10H2,1-2H3,(H,17,19). The van der Waals surface area contributed by atoms with Crippen LogP contribution in [-0.4, -0.2) is 50.6 Å². The Morgan fingerprint density at radius 1 is 1.39 bits per heavy atom. The van der Waals surface area contributed by atoms with E-state index < -0.39 is 10.0 Å². The van der Waals surface area contributed by atoms with Gasteiger partial charge in [-0.1, -0.05) is 11.6 Å². The molecule has 0 saturated carbocycles. The lowest BCUT2D eigenvalue weighted by atomic mass is 10.1. The fourth-order valence-corrected chi connectivity index (χ4v) is 3.45. The second kappa shape index (κ2) is 7.51. The van der Waals surface area contributed by atoms with Crippen LogP contribution in [0.2, 0.25) is 5.02 Å². The third-order valence-electron chi connectivity index (χ3n) is 3.79. The van der Waals surface area contributed by atoms with Crippen LogP contribution in [0.5, 0.6) is 5.75 Å². The average molecular weight is 361 g/mol. The first-order valence-electron chi connectivity index (χ1n) is 7.39. The minimum absolute atomic E-state index is 0.0175. The normalized spacial score (nSPS) is 17.0. The molecular weight excluding hydrogens is 340 g/mol. The van der Waals surface area contributed by atoms with Gasteiger partial charge in [-0.25, -0.2) is 12.7 Å². The Bertz CT molecular complexity index is 670. The molecule has 1 aliphatic rings. The SMILES string of the molecule is Cc1cc(OCC(=O)NC2CCN(S(C)(=O)=O)CC2)ccc1Cl. The van der Waals surface area contributed by atoms with E-state index in [1.165, 1.54) is 10.6 Å². The lowest BCUT2D eigenvalue weighted by Gasteiger charge is -2.30. The highest BCUT2D eigenvalue weighted by Gasteiger charge is 2.25. The molecule has 1 N–H and O–H groups in total. The van der Waals surface area contributed by atoms with Gasteiger partial charge in [-0.15, -0.1) is 0 Å². The van der Waals surface area contributed by atoms with E-state index in [4.69, 9.17) is 16.3 Å². The van der Waals surface area contributed by atoms with Crippen LogP contribution >= 0.6 is 11.6 Å². The highest BCUT2D eigenvalue weighted by molar-refractivity contribution is 7.88. The van der Waals surface area contributed by atoms with Gasteiger partial charge in [0.1, 0.15) is 5.75 Å². The summed E-state index contributed by atoms with van der Waals surface area (Å²) < 4.78 is 29.7. The molecule has 2 rings (SSSR count). The molecule has 8 heteroatoms. The number of aryl methyl sites for hydroxylation is 1. The van der Waals surface area contributed by atoms with Crippen LogP contribution in [0.25, 0.3) is 0 Å². The second-order valence-corrected chi connectivity index (χ2v) is 8.09. The lowest BCUT2D eigenvalue weighted by molar-refractivity contribution is -0.124. The number of piperidine rings is 1. The van der Waals surface area contributed by atoms with Crippen molar-refractivity contribution >= 4 is 27.5 Å². The second-order valence-electron chi connectivity index (χ2n) is 5.70. The number of hydrogen-bond acceptors (Lipinski definition) is 4. The van der Waals surface area contributed by atoms with E-state index >= 15 is 0 Å². The molecule has 1 amide bonds. The first kappa shape index (κ1) is 18.0. The van der Waals surface area contributed by atoms with E-state index in [2.05, 4.69) is 5.32 Å². The van der Waals surface area contributed by atoms with Gasteiger partial charge in [-0.3, -0.25) is 4.79 Å². The molecule has 1 aromatic rings. The summed E-state index contributed by atoms with van der Waals surface area (Å²) in [5.74, 6) is 0.379. The molecule has 1 fully saturated rings. The van der Waals surface area contributed by atoms with E-state index in [1.54, 1.807) is 18.2 Å². The number of ether oxygens (including phenoxy) is 1. The average Bonchev–Trinajstić information content (AvgIpc) is 2.48. The molecule has 0 radical (unpaired) electrons. The number of carbonyl (C=O) groups excluding carboxylic acids is 1. The van der Waals surface area contributed by atoms with Crippen molar-refractivity contribution in [3.63, 3.8) is 0 Å². The zero-order valence-corrected chi connectivity index (χ0v) is 14.8. The van der Waals surface area contributed by atoms with Crippen molar-refractivity contribution in [2.45, 2.75) is 25.8 Å². The Morgan fingerprint density at radius 2 is 2.04 bits per heavy atom. The van der Waals surface area contributed by atoms with Crippen molar-refractivity contribution in [3.8, 4) is 5.75 Å². The van der Waals surface area contributed by atoms with Gasteiger partial charge < -0.3 is 10.1 Å². The van der Waals surface area contributed by atoms with Gasteiger partial charge in [-0.2, -0.15) is 0 Å². The monoisotopic (exact) mass is 360 g/mol. The van der Waals surface area contributed by atoms with E-state index in [9.17, 15) is 13.2 Å². The van der Waals surface area contributed by atoms with Crippen LogP contribution in [0.3, 0.4) is 0 Å². The topological polar surface area (TPSA) is 75.7 Å². The number of sulfonamides is 1. The number of rotatable bonds is 5. The smallest absolute Gasteiger partial charge is 0.258 e. The molecule has 1 saturated heterocycles. The minimum Gasteiger partial charge on any atom is -0.484 e. The number of nitrogens with one attached hydrogen (secondary N) is 1. The molecule has 23 heavy (non-hydrogen) atoms. The molecule has 0 bridgehead atoms. The van der Waals surface area contributed by atoms with Gasteiger partial charge in [0, 0.05) is 24.2 Å². The zero-order chi connectivity index (χ0) is 17.0. The summed E-state index contributed by atoms with van der Waals surface area (Å²) in [6, 6.07) is 5.20. The maximum atomic E-state index is 11.9. The molecule has 0 aromatic heterocycles. The van der Waals surface area contributed by atoms with Crippen LogP contribution in [-0.2, 0) is 14.8 Å². The fourth-order valence-electron chi connectivity index (χ4n) is 2.46. The van der Waals surface area contributed by atoms with Crippen LogP contribution in [0.15, 0.2) is 18.2 Å². The van der Waals surface area contributed by atoms with E-state index in [1.807, 2.05) is 6.92 Å². The van der Waals surface area contributed by atoms with E-state index in [0.29, 0.717) is 36.7 Å². The summed E-state index contributed by atoms with van der Waals surface area (Å²) in [4.78, 5) is 11.9. The summed E-state index contributed by atoms with van der Waals surface area (Å²) in [5.41, 5.74) is 0.887. The summed E-state index contributed by atoms with van der Waals surface area (Å²) in [6.07, 6.45) is 2.42. The molecule has 1 aliphatic heterocycles. The minimum atomic E-state index is -3.15. The number of nitrogens with zero attached hydrogens (tertiary/aromatic N) is 1. The molecule has 0 atom stereocenters. The lowest BCUT2D eigenvalue weighted by Crippen LogP contribution is -2.47. The summed E-state index contributed by atoms with van der Waals surface area (Å²) in [5, 5.41) is 3.53. The van der Waals surface area contributed by atoms with Gasteiger partial charge >= 0.3 is 0 Å². The van der Waals surface area contributed by atoms with Crippen molar-refractivity contribution in [1.82, 2.24) is 9.62 Å². The Kier molecular flexibility index (Phi) is 5.89. The van der Waals surface area contributed by atoms with E-state index in [0.717, 1.165) is 5.56 Å². The van der Waals surface area contributed by atoms with Gasteiger partial charge in [-0.05, 0) is 43.5 Å². The van der Waals surface area contributed by atoms with Crippen LogP contribution in [0, 0.1) is 6.92 Å². The highest BCUT2D eigenvalue weighted by Crippen LogP contribution is 2.21. The Morgan fingerprint density at radius 3 is 2.61 bits per heavy atom. The molecule has 0 unspecified atom stereocenters. The van der Waals surface area contributed by atoms with Crippen molar-refractivity contribution in [1.29, 1.82) is 0 Å². The molecule has 0 spiro atoms. The van der Waals surface area contributed by atoms with Gasteiger partial charge in [0.05, 0.1) is 6.26 Å². The molecule has 128 valence electrons. The quantitative estimate of drug-likeness (QED) is 0.864. The van der Waals surface area contributed by atoms with Crippen LogP contribution in [0.4, 0.5) is 0 Å². The number of carbonyl (C=O) groups is 1. The Labute approximate surface area is 141 Å². The van der Waals surface area contributed by atoms with Crippen molar-refractivity contribution < 1.29 is 17.9 Å². The maximum Gasteiger partial charge on any atom is 0.258 e. The number of benzene rings is 1. The van der Waals surface area contributed by atoms with Gasteiger partial charge in [0.15, 0.2) is 6.61 Å². The first-order valence-corrected chi connectivity index (χ1v) is 9.62. The van der Waals surface area contributed by atoms with Crippen LogP contribution in [0.1, 0.15) is 18.4 Å². The zero-order valence-electron chi connectivity index (χ0n) is 13.2. The largest absolute Gasteiger partial charge is 0.484 e. The third-order valence-corrected chi connectivity index (χ3v) is 5.51. The van der Waals surface area contributed by atoms with Crippen molar-refractivity contribution in [2.75, 3.05) is 26.0 Å². The van der Waals surface area contributed by atoms with Crippen LogP contribution < -0.4 is 10.1 Å². The maximum absolute atomic E-state index is 11.9. The molecular formula is C15H21ClN2O4S. The summed E-state index contributed by atoms with van der Waals surface area (Å²) >= 11 is 5.93. The predicted molar refractivity (Wildman–Crippen MR) is 89.3 cm³/mol. The summed E-state index contributed by atoms with van der Waals surface area (Å²) in [7, 11) is -3.15. The molecule has 6 nitrogen and oxygen atoms in total. The predicted octanol–water partition coefficient (Wildman–Crippen LogP) is 1.57. The van der Waals surface area contributed by atoms with Gasteiger partial charge in [0.25, 0.3) is 5.91 Å². The Hall–Kier alpha value is -1.31. The fraction of sp³-hybridized carbons (Fsp3) is 0.533. The summed E-state index contributed by atoms with van der Waals surface area (Å²) in [6.45, 7) is 2.65. The first-order chi connectivity index (χ1) is 10.8. The highest BCUT2D eigenvalue weighted by atomic mass is 35.5. The van der Waals surface area contributed by atoms with Crippen molar-refractivity contribution in [2.24, 2.45) is 0 Å². The third kappa shape index (κ3) is 5.37. The molecule has 1 heterocycles. The number of hydrogen-bond donors (Lipinski definition) is 1. The van der Waals surface area contributed by atoms with E-state index in [-0.39, 0.29) is 18.6 Å². The molecule has 1 aromatic carbocycles.